The maximum absolute atomic E-state index is 13.0. The van der Waals surface area contributed by atoms with E-state index < -0.39 is 27.2 Å². The highest BCUT2D eigenvalue weighted by Gasteiger charge is 2.21. The molecule has 1 amide bonds. The van der Waals surface area contributed by atoms with Crippen LogP contribution in [0.4, 0.5) is 5.69 Å². The number of anilines is 1. The Morgan fingerprint density at radius 2 is 1.76 bits per heavy atom. The van der Waals surface area contributed by atoms with Crippen molar-refractivity contribution < 1.29 is 13.2 Å². The maximum atomic E-state index is 13.0. The fourth-order valence-corrected chi connectivity index (χ4v) is 5.77. The molecule has 176 valence electrons. The van der Waals surface area contributed by atoms with Gasteiger partial charge in [-0.1, -0.05) is 11.6 Å². The predicted octanol–water partition coefficient (Wildman–Crippen LogP) is 3.33. The summed E-state index contributed by atoms with van der Waals surface area (Å²) in [4.78, 5) is 40.8. The van der Waals surface area contributed by atoms with E-state index in [1.165, 1.54) is 36.4 Å². The zero-order chi connectivity index (χ0) is 24.6. The van der Waals surface area contributed by atoms with E-state index in [-0.39, 0.29) is 25.8 Å². The van der Waals surface area contributed by atoms with E-state index in [1.54, 1.807) is 18.2 Å². The molecule has 0 bridgehead atoms. The highest BCUT2D eigenvalue weighted by Crippen LogP contribution is 2.25. The molecule has 0 unspecified atom stereocenters. The Labute approximate surface area is 203 Å². The second-order valence-corrected chi connectivity index (χ2v) is 11.3. The first-order valence-corrected chi connectivity index (χ1v) is 12.7. The second kappa shape index (κ2) is 9.09. The SMILES string of the molecule is CC(C)Nc1ccc2c(=O)n(-c3ccc(C(=O)NS(=O)(=O)c4ccc(Cl)s4)cc3)c(=O)[nH]c2c1. The summed E-state index contributed by atoms with van der Waals surface area (Å²) in [5, 5.41) is 3.53. The number of benzene rings is 2. The van der Waals surface area contributed by atoms with Crippen molar-refractivity contribution in [2.75, 3.05) is 5.32 Å². The molecular formula is C22H19ClN4O5S2. The van der Waals surface area contributed by atoms with Crippen LogP contribution in [0.3, 0.4) is 0 Å². The van der Waals surface area contributed by atoms with Crippen LogP contribution < -0.4 is 21.3 Å². The molecule has 4 aromatic rings. The average Bonchev–Trinajstić information content (AvgIpc) is 3.20. The Morgan fingerprint density at radius 3 is 2.38 bits per heavy atom. The molecule has 0 radical (unpaired) electrons. The van der Waals surface area contributed by atoms with E-state index in [0.717, 1.165) is 21.6 Å². The van der Waals surface area contributed by atoms with Gasteiger partial charge in [-0.15, -0.1) is 11.3 Å². The van der Waals surface area contributed by atoms with Crippen molar-refractivity contribution in [3.05, 3.63) is 85.3 Å². The van der Waals surface area contributed by atoms with Crippen LogP contribution >= 0.6 is 22.9 Å². The lowest BCUT2D eigenvalue weighted by atomic mass is 10.2. The van der Waals surface area contributed by atoms with Gasteiger partial charge in [0.2, 0.25) is 0 Å². The van der Waals surface area contributed by atoms with Crippen molar-refractivity contribution in [3.8, 4) is 5.69 Å². The summed E-state index contributed by atoms with van der Waals surface area (Å²) >= 11 is 6.59. The van der Waals surface area contributed by atoms with E-state index in [4.69, 9.17) is 11.6 Å². The van der Waals surface area contributed by atoms with Gasteiger partial charge in [0.1, 0.15) is 4.21 Å². The van der Waals surface area contributed by atoms with E-state index in [9.17, 15) is 22.8 Å². The number of hydrogen-bond acceptors (Lipinski definition) is 7. The second-order valence-electron chi connectivity index (χ2n) is 7.67. The molecule has 34 heavy (non-hydrogen) atoms. The van der Waals surface area contributed by atoms with Gasteiger partial charge >= 0.3 is 5.69 Å². The van der Waals surface area contributed by atoms with Gasteiger partial charge in [0, 0.05) is 17.3 Å². The molecule has 0 aliphatic heterocycles. The largest absolute Gasteiger partial charge is 0.383 e. The van der Waals surface area contributed by atoms with Crippen molar-refractivity contribution in [1.82, 2.24) is 14.3 Å². The summed E-state index contributed by atoms with van der Waals surface area (Å²) < 4.78 is 27.8. The maximum Gasteiger partial charge on any atom is 0.333 e. The number of aromatic nitrogens is 2. The van der Waals surface area contributed by atoms with Crippen LogP contribution in [-0.2, 0) is 10.0 Å². The number of amides is 1. The van der Waals surface area contributed by atoms with Crippen molar-refractivity contribution in [2.24, 2.45) is 0 Å². The van der Waals surface area contributed by atoms with Crippen LogP contribution in [0, 0.1) is 0 Å². The summed E-state index contributed by atoms with van der Waals surface area (Å²) in [6.45, 7) is 3.95. The van der Waals surface area contributed by atoms with Crippen molar-refractivity contribution >= 4 is 55.5 Å². The van der Waals surface area contributed by atoms with Crippen LogP contribution in [0.25, 0.3) is 16.6 Å². The Balaban J connectivity index is 1.63. The number of thiophene rings is 1. The zero-order valence-corrected chi connectivity index (χ0v) is 20.3. The minimum absolute atomic E-state index is 0.0321. The van der Waals surface area contributed by atoms with Crippen LogP contribution in [-0.4, -0.2) is 29.9 Å². The average molecular weight is 519 g/mol. The fraction of sp³-hybridized carbons (Fsp3) is 0.136. The number of rotatable bonds is 6. The molecule has 9 nitrogen and oxygen atoms in total. The molecule has 12 heteroatoms. The first-order valence-electron chi connectivity index (χ1n) is 10.0. The Bertz CT molecular complexity index is 1620. The molecule has 4 rings (SSSR count). The number of aromatic amines is 1. The minimum atomic E-state index is -4.08. The molecule has 0 fully saturated rings. The standard InChI is InChI=1S/C22H19ClN4O5S2/c1-12(2)24-14-5-8-16-17(11-14)25-22(30)27(21(16)29)15-6-3-13(4-7-15)20(28)26-34(31,32)19-10-9-18(23)33-19/h3-12,24H,1-2H3,(H,25,30)(H,26,28). The summed E-state index contributed by atoms with van der Waals surface area (Å²) in [6, 6.07) is 13.4. The number of nitrogens with one attached hydrogen (secondary N) is 3. The molecule has 0 atom stereocenters. The minimum Gasteiger partial charge on any atom is -0.383 e. The number of carbonyl (C=O) groups excluding carboxylic acids is 1. The smallest absolute Gasteiger partial charge is 0.333 e. The summed E-state index contributed by atoms with van der Waals surface area (Å²) in [5.74, 6) is -0.860. The van der Waals surface area contributed by atoms with Crippen molar-refractivity contribution in [3.63, 3.8) is 0 Å². The third-order valence-corrected chi connectivity index (χ3v) is 7.84. The van der Waals surface area contributed by atoms with Gasteiger partial charge < -0.3 is 10.3 Å². The van der Waals surface area contributed by atoms with Crippen LogP contribution in [0.15, 0.2) is 68.4 Å². The molecule has 2 aromatic carbocycles. The predicted molar refractivity (Wildman–Crippen MR) is 133 cm³/mol. The Hall–Kier alpha value is -3.41. The topological polar surface area (TPSA) is 130 Å². The number of carbonyl (C=O) groups is 1. The quantitative estimate of drug-likeness (QED) is 0.359. The van der Waals surface area contributed by atoms with E-state index >= 15 is 0 Å². The first-order chi connectivity index (χ1) is 16.0. The number of fused-ring (bicyclic) bond motifs is 1. The molecule has 3 N–H and O–H groups in total. The van der Waals surface area contributed by atoms with Gasteiger partial charge in [0.25, 0.3) is 21.5 Å². The number of halogens is 1. The van der Waals surface area contributed by atoms with Crippen LogP contribution in [0.5, 0.6) is 0 Å². The molecule has 0 saturated carbocycles. The zero-order valence-electron chi connectivity index (χ0n) is 18.0. The van der Waals surface area contributed by atoms with Crippen LogP contribution in [0.1, 0.15) is 24.2 Å². The molecule has 0 spiro atoms. The van der Waals surface area contributed by atoms with Gasteiger partial charge in [-0.2, -0.15) is 0 Å². The molecule has 0 saturated heterocycles. The first kappa shape index (κ1) is 23.7. The van der Waals surface area contributed by atoms with E-state index in [1.807, 2.05) is 18.6 Å². The van der Waals surface area contributed by atoms with Gasteiger partial charge in [0.05, 0.1) is 20.9 Å². The highest BCUT2D eigenvalue weighted by atomic mass is 35.5. The monoisotopic (exact) mass is 518 g/mol. The highest BCUT2D eigenvalue weighted by molar-refractivity contribution is 7.92. The summed E-state index contributed by atoms with van der Waals surface area (Å²) in [6.07, 6.45) is 0. The third kappa shape index (κ3) is 4.76. The number of hydrogen-bond donors (Lipinski definition) is 3. The summed E-state index contributed by atoms with van der Waals surface area (Å²) in [5.41, 5.74) is 0.251. The van der Waals surface area contributed by atoms with Crippen molar-refractivity contribution in [1.29, 1.82) is 0 Å². The van der Waals surface area contributed by atoms with Crippen molar-refractivity contribution in [2.45, 2.75) is 24.1 Å². The van der Waals surface area contributed by atoms with Gasteiger partial charge in [-0.25, -0.2) is 22.5 Å². The molecule has 0 aliphatic carbocycles. The lowest BCUT2D eigenvalue weighted by Gasteiger charge is -2.11. The Morgan fingerprint density at radius 1 is 1.06 bits per heavy atom. The van der Waals surface area contributed by atoms with Gasteiger partial charge in [-0.05, 0) is 68.4 Å². The van der Waals surface area contributed by atoms with Gasteiger partial charge in [-0.3, -0.25) is 9.59 Å². The summed E-state index contributed by atoms with van der Waals surface area (Å²) in [7, 11) is -4.08. The van der Waals surface area contributed by atoms with Gasteiger partial charge in [0.15, 0.2) is 0 Å². The van der Waals surface area contributed by atoms with E-state index in [2.05, 4.69) is 10.3 Å². The third-order valence-electron chi connectivity index (χ3n) is 4.78. The normalized spacial score (nSPS) is 11.6. The number of sulfonamides is 1. The molecule has 0 aliphatic rings. The number of nitrogens with zero attached hydrogens (tertiary/aromatic N) is 1. The Kier molecular flexibility index (Phi) is 6.34. The van der Waals surface area contributed by atoms with Crippen LogP contribution in [0.2, 0.25) is 4.34 Å². The molecule has 2 heterocycles. The fourth-order valence-electron chi connectivity index (χ4n) is 3.31. The van der Waals surface area contributed by atoms with E-state index in [0.29, 0.717) is 10.9 Å². The number of H-pyrrole nitrogens is 1. The molecular weight excluding hydrogens is 500 g/mol. The lowest BCUT2D eigenvalue weighted by molar-refractivity contribution is 0.0981. The molecule has 2 aromatic heterocycles. The lowest BCUT2D eigenvalue weighted by Crippen LogP contribution is -2.34.